The highest BCUT2D eigenvalue weighted by molar-refractivity contribution is 5.95. The van der Waals surface area contributed by atoms with Crippen LogP contribution in [0.1, 0.15) is 36.8 Å². The van der Waals surface area contributed by atoms with Crippen molar-refractivity contribution in [1.82, 2.24) is 10.6 Å². The molecule has 0 aliphatic heterocycles. The molecule has 0 saturated carbocycles. The molecule has 0 radical (unpaired) electrons. The van der Waals surface area contributed by atoms with Crippen molar-refractivity contribution in [1.29, 1.82) is 10.8 Å². The summed E-state index contributed by atoms with van der Waals surface area (Å²) in [5.74, 6) is 2.39. The molecule has 0 aromatic heterocycles. The second kappa shape index (κ2) is 15.6. The number of rotatable bonds is 15. The molecule has 0 atom stereocenters. The molecule has 38 heavy (non-hydrogen) atoms. The van der Waals surface area contributed by atoms with E-state index in [1.807, 2.05) is 54.6 Å². The minimum atomic E-state index is 0.0508. The molecule has 0 aliphatic carbocycles. The Hall–Kier alpha value is -4.53. The highest BCUT2D eigenvalue weighted by atomic mass is 16.5. The Morgan fingerprint density at radius 3 is 1.50 bits per heavy atom. The van der Waals surface area contributed by atoms with E-state index in [0.29, 0.717) is 24.3 Å². The number of nitrogens with zero attached hydrogens (tertiary/aromatic N) is 1. The molecular weight excluding hydrogens is 478 g/mol. The van der Waals surface area contributed by atoms with E-state index in [2.05, 4.69) is 10.6 Å². The van der Waals surface area contributed by atoms with Crippen molar-refractivity contribution in [2.24, 2.45) is 16.5 Å². The molecule has 3 aromatic carbocycles. The fraction of sp³-hybridized carbons (Fsp3) is 0.276. The van der Waals surface area contributed by atoms with Crippen LogP contribution in [0.4, 0.5) is 5.69 Å². The monoisotopic (exact) mass is 515 g/mol. The summed E-state index contributed by atoms with van der Waals surface area (Å²) in [6.45, 7) is 2.75. The lowest BCUT2D eigenvalue weighted by atomic mass is 10.2. The molecule has 9 nitrogen and oxygen atoms in total. The molecule has 3 rings (SSSR count). The number of nitrogens with one attached hydrogen (secondary N) is 4. The molecule has 9 heteroatoms. The van der Waals surface area contributed by atoms with Gasteiger partial charge in [-0.05, 0) is 86.3 Å². The lowest BCUT2D eigenvalue weighted by Gasteiger charge is -2.13. The van der Waals surface area contributed by atoms with Crippen LogP contribution < -0.4 is 31.6 Å². The van der Waals surface area contributed by atoms with Gasteiger partial charge in [0, 0.05) is 24.2 Å². The Morgan fingerprint density at radius 2 is 1.08 bits per heavy atom. The maximum atomic E-state index is 7.45. The number of para-hydroxylation sites is 1. The first-order chi connectivity index (χ1) is 18.5. The number of unbranched alkanes of at least 4 members (excludes halogenated alkanes) is 2. The number of nitrogens with two attached hydrogens (primary N) is 2. The van der Waals surface area contributed by atoms with Gasteiger partial charge in [0.05, 0.1) is 18.9 Å². The Bertz CT molecular complexity index is 1090. The van der Waals surface area contributed by atoms with E-state index in [0.717, 1.165) is 61.9 Å². The minimum Gasteiger partial charge on any atom is -0.494 e. The van der Waals surface area contributed by atoms with Crippen LogP contribution in [0.3, 0.4) is 0 Å². The molecule has 8 N–H and O–H groups in total. The van der Waals surface area contributed by atoms with Crippen molar-refractivity contribution >= 4 is 23.3 Å². The second-order valence-corrected chi connectivity index (χ2v) is 8.64. The zero-order valence-electron chi connectivity index (χ0n) is 21.6. The summed E-state index contributed by atoms with van der Waals surface area (Å²) in [4.78, 5) is 4.71. The third-order valence-corrected chi connectivity index (χ3v) is 5.59. The number of hydrogen-bond donors (Lipinski definition) is 6. The molecule has 0 aliphatic rings. The predicted octanol–water partition coefficient (Wildman–Crippen LogP) is 4.14. The lowest BCUT2D eigenvalue weighted by Crippen LogP contribution is -2.38. The number of amidine groups is 2. The highest BCUT2D eigenvalue weighted by Crippen LogP contribution is 2.13. The Morgan fingerprint density at radius 1 is 0.632 bits per heavy atom. The number of hydrogen-bond acceptors (Lipinski definition) is 5. The molecule has 3 aromatic rings. The summed E-state index contributed by atoms with van der Waals surface area (Å²) in [5, 5.41) is 21.7. The van der Waals surface area contributed by atoms with E-state index in [1.165, 1.54) is 0 Å². The molecule has 0 saturated heterocycles. The van der Waals surface area contributed by atoms with Gasteiger partial charge in [-0.25, -0.2) is 4.99 Å². The zero-order valence-corrected chi connectivity index (χ0v) is 21.6. The molecule has 0 amide bonds. The highest BCUT2D eigenvalue weighted by Gasteiger charge is 2.02. The summed E-state index contributed by atoms with van der Waals surface area (Å²) in [7, 11) is 0. The van der Waals surface area contributed by atoms with Gasteiger partial charge in [0.2, 0.25) is 0 Å². The standard InChI is InChI=1S/C29H37N7O2/c30-27(31)22-10-14-25(15-11-22)37-20-6-4-18-34-29(36-24-8-2-1-3-9-24)35-19-5-7-21-38-26-16-12-23(13-17-26)28(32)33/h1-3,8-17H,4-7,18-21H2,(H3,30,31)(H3,32,33)(H2,34,35,36). The van der Waals surface area contributed by atoms with Gasteiger partial charge in [0.15, 0.2) is 5.96 Å². The van der Waals surface area contributed by atoms with Gasteiger partial charge < -0.3 is 31.6 Å². The van der Waals surface area contributed by atoms with E-state index >= 15 is 0 Å². The first-order valence-corrected chi connectivity index (χ1v) is 12.8. The maximum Gasteiger partial charge on any atom is 0.196 e. The van der Waals surface area contributed by atoms with E-state index in [9.17, 15) is 0 Å². The smallest absolute Gasteiger partial charge is 0.196 e. The van der Waals surface area contributed by atoms with Gasteiger partial charge in [-0.1, -0.05) is 18.2 Å². The Labute approximate surface area is 224 Å². The molecule has 0 spiro atoms. The van der Waals surface area contributed by atoms with Crippen LogP contribution in [0.2, 0.25) is 0 Å². The van der Waals surface area contributed by atoms with Crippen LogP contribution >= 0.6 is 0 Å². The topological polar surface area (TPSA) is 155 Å². The molecule has 0 heterocycles. The van der Waals surface area contributed by atoms with Crippen molar-refractivity contribution in [2.45, 2.75) is 25.7 Å². The van der Waals surface area contributed by atoms with Gasteiger partial charge in [0.1, 0.15) is 23.2 Å². The van der Waals surface area contributed by atoms with Crippen molar-refractivity contribution in [3.05, 3.63) is 90.0 Å². The number of ether oxygens (including phenoxy) is 2. The normalized spacial score (nSPS) is 10.3. The van der Waals surface area contributed by atoms with Crippen LogP contribution in [0.5, 0.6) is 11.5 Å². The summed E-state index contributed by atoms with van der Waals surface area (Å²) in [6.07, 6.45) is 3.64. The summed E-state index contributed by atoms with van der Waals surface area (Å²) in [6, 6.07) is 24.3. The van der Waals surface area contributed by atoms with Crippen molar-refractivity contribution in [3.63, 3.8) is 0 Å². The zero-order chi connectivity index (χ0) is 27.0. The van der Waals surface area contributed by atoms with E-state index in [-0.39, 0.29) is 11.7 Å². The van der Waals surface area contributed by atoms with E-state index < -0.39 is 0 Å². The molecule has 200 valence electrons. The number of nitrogen functional groups attached to an aromatic ring is 2. The third kappa shape index (κ3) is 10.2. The number of benzene rings is 3. The van der Waals surface area contributed by atoms with Gasteiger partial charge in [0.25, 0.3) is 0 Å². The SMILES string of the molecule is N=C(N)c1ccc(OCCCCNC(=Nc2ccccc2)NCCCCOc2ccc(C(=N)N)cc2)cc1. The fourth-order valence-corrected chi connectivity index (χ4v) is 3.48. The molecular formula is C29H37N7O2. The van der Waals surface area contributed by atoms with Crippen LogP contribution in [-0.4, -0.2) is 43.9 Å². The second-order valence-electron chi connectivity index (χ2n) is 8.64. The summed E-state index contributed by atoms with van der Waals surface area (Å²) >= 11 is 0. The Balaban J connectivity index is 1.35. The van der Waals surface area contributed by atoms with Gasteiger partial charge >= 0.3 is 0 Å². The Kier molecular flexibility index (Phi) is 11.5. The molecule has 0 fully saturated rings. The molecule has 0 bridgehead atoms. The van der Waals surface area contributed by atoms with Crippen LogP contribution in [0, 0.1) is 10.8 Å². The van der Waals surface area contributed by atoms with E-state index in [1.54, 1.807) is 24.3 Å². The minimum absolute atomic E-state index is 0.0508. The van der Waals surface area contributed by atoms with Crippen LogP contribution in [0.25, 0.3) is 0 Å². The van der Waals surface area contributed by atoms with Crippen molar-refractivity contribution in [3.8, 4) is 11.5 Å². The molecule has 0 unspecified atom stereocenters. The van der Waals surface area contributed by atoms with Gasteiger partial charge in [-0.2, -0.15) is 0 Å². The third-order valence-electron chi connectivity index (χ3n) is 5.59. The number of guanidine groups is 1. The van der Waals surface area contributed by atoms with Crippen molar-refractivity contribution in [2.75, 3.05) is 26.3 Å². The quantitative estimate of drug-likeness (QED) is 0.102. The first-order valence-electron chi connectivity index (χ1n) is 12.8. The first kappa shape index (κ1) is 28.0. The van der Waals surface area contributed by atoms with Gasteiger partial charge in [-0.15, -0.1) is 0 Å². The van der Waals surface area contributed by atoms with Crippen molar-refractivity contribution < 1.29 is 9.47 Å². The average Bonchev–Trinajstić information content (AvgIpc) is 2.93. The summed E-state index contributed by atoms with van der Waals surface area (Å²) < 4.78 is 11.6. The maximum absolute atomic E-state index is 7.45. The lowest BCUT2D eigenvalue weighted by molar-refractivity contribution is 0.306. The fourth-order valence-electron chi connectivity index (χ4n) is 3.48. The number of aliphatic imine (C=N–C) groups is 1. The average molecular weight is 516 g/mol. The van der Waals surface area contributed by atoms with E-state index in [4.69, 9.17) is 36.8 Å². The largest absolute Gasteiger partial charge is 0.494 e. The summed E-state index contributed by atoms with van der Waals surface area (Å²) in [5.41, 5.74) is 13.2. The van der Waals surface area contributed by atoms with Crippen LogP contribution in [0.15, 0.2) is 83.9 Å². The van der Waals surface area contributed by atoms with Crippen LogP contribution in [-0.2, 0) is 0 Å². The predicted molar refractivity (Wildman–Crippen MR) is 154 cm³/mol. The van der Waals surface area contributed by atoms with Gasteiger partial charge in [-0.3, -0.25) is 10.8 Å².